The van der Waals surface area contributed by atoms with Crippen molar-refractivity contribution < 1.29 is 14.5 Å². The Kier molecular flexibility index (Phi) is 4.64. The van der Waals surface area contributed by atoms with Crippen molar-refractivity contribution in [2.75, 3.05) is 18.5 Å². The van der Waals surface area contributed by atoms with Gasteiger partial charge in [0.05, 0.1) is 18.0 Å². The summed E-state index contributed by atoms with van der Waals surface area (Å²) in [5.74, 6) is -0.0478. The molecule has 1 aromatic rings. The maximum atomic E-state index is 11.1. The molecular weight excluding hydrogens is 240 g/mol. The van der Waals surface area contributed by atoms with Crippen molar-refractivity contribution in [3.63, 3.8) is 0 Å². The number of nitrogens with one attached hydrogen (secondary N) is 1. The molecule has 0 saturated heterocycles. The maximum absolute atomic E-state index is 11.1. The third kappa shape index (κ3) is 3.19. The summed E-state index contributed by atoms with van der Waals surface area (Å²) in [5.41, 5.74) is 0.266. The van der Waals surface area contributed by atoms with E-state index in [2.05, 4.69) is 10.4 Å². The molecule has 1 aromatic heterocycles. The normalized spacial score (nSPS) is 10.2. The fourth-order valence-electron chi connectivity index (χ4n) is 1.58. The smallest absolute Gasteiger partial charge is 0.333 e. The number of carbonyl (C=O) groups is 1. The van der Waals surface area contributed by atoms with Crippen LogP contribution in [0.1, 0.15) is 19.0 Å². The minimum absolute atomic E-state index is 0.0682. The third-order valence-corrected chi connectivity index (χ3v) is 2.30. The Morgan fingerprint density at radius 3 is 2.83 bits per heavy atom. The molecule has 1 heterocycles. The molecule has 1 N–H and O–H groups in total. The van der Waals surface area contributed by atoms with Gasteiger partial charge < -0.3 is 10.1 Å². The van der Waals surface area contributed by atoms with E-state index in [1.807, 2.05) is 0 Å². The van der Waals surface area contributed by atoms with Crippen LogP contribution in [0.25, 0.3) is 0 Å². The predicted molar refractivity (Wildman–Crippen MR) is 64.3 cm³/mol. The van der Waals surface area contributed by atoms with Gasteiger partial charge in [-0.2, -0.15) is 5.10 Å². The molecule has 8 nitrogen and oxygen atoms in total. The Morgan fingerprint density at radius 2 is 2.28 bits per heavy atom. The Labute approximate surface area is 104 Å². The summed E-state index contributed by atoms with van der Waals surface area (Å²) < 4.78 is 6.15. The lowest BCUT2D eigenvalue weighted by molar-refractivity contribution is -0.384. The molecule has 0 unspecified atom stereocenters. The van der Waals surface area contributed by atoms with Crippen molar-refractivity contribution in [3.05, 3.63) is 15.8 Å². The summed E-state index contributed by atoms with van der Waals surface area (Å²) in [6, 6.07) is 0. The van der Waals surface area contributed by atoms with Crippen LogP contribution < -0.4 is 5.32 Å². The van der Waals surface area contributed by atoms with Crippen LogP contribution in [0, 0.1) is 17.0 Å². The molecule has 0 amide bonds. The summed E-state index contributed by atoms with van der Waals surface area (Å²) in [6.07, 6.45) is 0.148. The number of hydrogen-bond donors (Lipinski definition) is 1. The van der Waals surface area contributed by atoms with E-state index in [0.29, 0.717) is 18.1 Å². The first kappa shape index (κ1) is 13.9. The lowest BCUT2D eigenvalue weighted by Crippen LogP contribution is -2.13. The highest BCUT2D eigenvalue weighted by Gasteiger charge is 2.23. The quantitative estimate of drug-likeness (QED) is 0.463. The van der Waals surface area contributed by atoms with Crippen LogP contribution in [0.15, 0.2) is 0 Å². The van der Waals surface area contributed by atoms with Crippen molar-refractivity contribution in [1.29, 1.82) is 0 Å². The Bertz CT molecular complexity index is 455. The lowest BCUT2D eigenvalue weighted by Gasteiger charge is -2.05. The fourth-order valence-corrected chi connectivity index (χ4v) is 1.58. The van der Waals surface area contributed by atoms with Crippen LogP contribution in [-0.4, -0.2) is 33.8 Å². The molecule has 18 heavy (non-hydrogen) atoms. The van der Waals surface area contributed by atoms with Gasteiger partial charge in [0, 0.05) is 13.6 Å². The summed E-state index contributed by atoms with van der Waals surface area (Å²) in [6.45, 7) is 3.87. The van der Waals surface area contributed by atoms with Gasteiger partial charge in [0.25, 0.3) is 0 Å². The molecule has 0 bridgehead atoms. The van der Waals surface area contributed by atoms with Gasteiger partial charge in [-0.05, 0) is 13.8 Å². The van der Waals surface area contributed by atoms with Crippen LogP contribution in [0.4, 0.5) is 11.5 Å². The number of aromatic nitrogens is 2. The largest absolute Gasteiger partial charge is 0.466 e. The monoisotopic (exact) mass is 256 g/mol. The highest BCUT2D eigenvalue weighted by atomic mass is 16.6. The molecule has 0 aliphatic heterocycles. The van der Waals surface area contributed by atoms with E-state index in [-0.39, 0.29) is 24.6 Å². The highest BCUT2D eigenvalue weighted by Crippen LogP contribution is 2.26. The van der Waals surface area contributed by atoms with E-state index in [4.69, 9.17) is 4.74 Å². The first-order chi connectivity index (χ1) is 8.47. The average molecular weight is 256 g/mol. The van der Waals surface area contributed by atoms with E-state index in [0.717, 1.165) is 0 Å². The van der Waals surface area contributed by atoms with Crippen LogP contribution in [0.3, 0.4) is 0 Å². The van der Waals surface area contributed by atoms with Gasteiger partial charge >= 0.3 is 11.7 Å². The van der Waals surface area contributed by atoms with E-state index in [9.17, 15) is 14.9 Å². The van der Waals surface area contributed by atoms with E-state index in [1.165, 1.54) is 4.68 Å². The van der Waals surface area contributed by atoms with Gasteiger partial charge in [0.2, 0.25) is 5.82 Å². The Morgan fingerprint density at radius 1 is 1.61 bits per heavy atom. The van der Waals surface area contributed by atoms with Crippen molar-refractivity contribution in [2.45, 2.75) is 20.3 Å². The number of nitro groups is 1. The molecule has 100 valence electrons. The van der Waals surface area contributed by atoms with E-state index in [1.54, 1.807) is 20.9 Å². The van der Waals surface area contributed by atoms with Gasteiger partial charge in [-0.1, -0.05) is 0 Å². The second-order valence-electron chi connectivity index (χ2n) is 3.65. The van der Waals surface area contributed by atoms with Gasteiger partial charge in [0.1, 0.15) is 5.69 Å². The Hall–Kier alpha value is -2.12. The molecular formula is C10H16N4O4. The number of carbonyl (C=O) groups excluding carboxylic acids is 1. The van der Waals surface area contributed by atoms with Crippen molar-refractivity contribution >= 4 is 17.5 Å². The molecule has 0 spiro atoms. The van der Waals surface area contributed by atoms with Crippen LogP contribution in [0.5, 0.6) is 0 Å². The number of rotatable bonds is 6. The fraction of sp³-hybridized carbons (Fsp3) is 0.600. The lowest BCUT2D eigenvalue weighted by atomic mass is 10.3. The minimum atomic E-state index is -0.491. The highest BCUT2D eigenvalue weighted by molar-refractivity contribution is 5.70. The molecule has 0 saturated carbocycles. The van der Waals surface area contributed by atoms with Crippen molar-refractivity contribution in [1.82, 2.24) is 9.78 Å². The molecule has 8 heteroatoms. The third-order valence-electron chi connectivity index (χ3n) is 2.30. The van der Waals surface area contributed by atoms with Crippen LogP contribution in [0.2, 0.25) is 0 Å². The zero-order valence-electron chi connectivity index (χ0n) is 10.6. The molecule has 0 radical (unpaired) electrons. The predicted octanol–water partition coefficient (Wildman–Crippen LogP) is 1.00. The van der Waals surface area contributed by atoms with Gasteiger partial charge in [-0.3, -0.25) is 14.9 Å². The number of esters is 1. The van der Waals surface area contributed by atoms with Crippen molar-refractivity contribution in [2.24, 2.45) is 7.05 Å². The van der Waals surface area contributed by atoms with Crippen LogP contribution >= 0.6 is 0 Å². The zero-order chi connectivity index (χ0) is 13.7. The first-order valence-electron chi connectivity index (χ1n) is 5.54. The molecule has 0 aliphatic rings. The van der Waals surface area contributed by atoms with Crippen LogP contribution in [-0.2, 0) is 16.6 Å². The minimum Gasteiger partial charge on any atom is -0.466 e. The molecule has 0 atom stereocenters. The van der Waals surface area contributed by atoms with E-state index < -0.39 is 4.92 Å². The number of hydrogen-bond acceptors (Lipinski definition) is 6. The topological polar surface area (TPSA) is 99.3 Å². The zero-order valence-corrected chi connectivity index (χ0v) is 10.6. The second kappa shape index (κ2) is 5.99. The SMILES string of the molecule is CCOC(=O)CCNc1c([N+](=O)[O-])c(C)nn1C. The summed E-state index contributed by atoms with van der Waals surface area (Å²) >= 11 is 0. The molecule has 0 fully saturated rings. The second-order valence-corrected chi connectivity index (χ2v) is 3.65. The number of nitrogens with zero attached hydrogens (tertiary/aromatic N) is 3. The maximum Gasteiger partial charge on any atom is 0.333 e. The number of aryl methyl sites for hydroxylation is 2. The van der Waals surface area contributed by atoms with E-state index >= 15 is 0 Å². The average Bonchev–Trinajstić information content (AvgIpc) is 2.54. The molecule has 0 aliphatic carbocycles. The number of ether oxygens (including phenoxy) is 1. The summed E-state index contributed by atoms with van der Waals surface area (Å²) in [4.78, 5) is 21.5. The summed E-state index contributed by atoms with van der Waals surface area (Å²) in [7, 11) is 1.60. The Balaban J connectivity index is 2.67. The van der Waals surface area contributed by atoms with Gasteiger partial charge in [-0.15, -0.1) is 0 Å². The number of anilines is 1. The summed E-state index contributed by atoms with van der Waals surface area (Å²) in [5, 5.41) is 17.7. The standard InChI is InChI=1S/C10H16N4O4/c1-4-18-8(15)5-6-11-10-9(14(16)17)7(2)12-13(10)3/h11H,4-6H2,1-3H3. The molecule has 0 aromatic carbocycles. The van der Waals surface area contributed by atoms with Crippen molar-refractivity contribution in [3.8, 4) is 0 Å². The molecule has 1 rings (SSSR count). The van der Waals surface area contributed by atoms with Gasteiger partial charge in [0.15, 0.2) is 0 Å². The van der Waals surface area contributed by atoms with Gasteiger partial charge in [-0.25, -0.2) is 4.68 Å². The first-order valence-corrected chi connectivity index (χ1v) is 5.54.